The first-order chi connectivity index (χ1) is 18.5. The van der Waals surface area contributed by atoms with Crippen LogP contribution in [0.3, 0.4) is 0 Å². The predicted molar refractivity (Wildman–Crippen MR) is 147 cm³/mol. The van der Waals surface area contributed by atoms with Gasteiger partial charge in [0.15, 0.2) is 5.65 Å². The fourth-order valence-corrected chi connectivity index (χ4v) is 5.80. The van der Waals surface area contributed by atoms with Crippen molar-refractivity contribution in [2.45, 2.75) is 38.8 Å². The first-order valence-electron chi connectivity index (χ1n) is 13.2. The molecule has 0 aliphatic carbocycles. The van der Waals surface area contributed by atoms with E-state index in [4.69, 9.17) is 4.98 Å². The van der Waals surface area contributed by atoms with E-state index < -0.39 is 0 Å². The Morgan fingerprint density at radius 1 is 0.974 bits per heavy atom. The van der Waals surface area contributed by atoms with Gasteiger partial charge in [-0.1, -0.05) is 24.3 Å². The standard InChI is InChI=1S/C29H29N7O2/c1-33-13-10-19-6-8-22(14-21(19)18-33)31-29-30-17-24-27(32-29)36-23-9-7-20-15-26(37)34(25(20)16-23)11-4-2-3-5-12-35(36)28(24)38/h3,5-9,14,16-17H,2,4,10-13,15,18H2,1H3,(H,30,31,32). The monoisotopic (exact) mass is 507 g/mol. The molecular formula is C29H29N7O2. The van der Waals surface area contributed by atoms with Crippen LogP contribution in [0.15, 0.2) is 59.5 Å². The van der Waals surface area contributed by atoms with Crippen LogP contribution in [0.25, 0.3) is 16.7 Å². The Bertz CT molecular complexity index is 1680. The second kappa shape index (κ2) is 8.95. The van der Waals surface area contributed by atoms with Gasteiger partial charge in [0.05, 0.1) is 18.7 Å². The van der Waals surface area contributed by atoms with Crippen molar-refractivity contribution >= 4 is 34.3 Å². The molecule has 0 unspecified atom stereocenters. The Labute approximate surface area is 220 Å². The molecule has 3 aliphatic heterocycles. The third-order valence-electron chi connectivity index (χ3n) is 7.79. The fourth-order valence-electron chi connectivity index (χ4n) is 5.80. The number of rotatable bonds is 2. The van der Waals surface area contributed by atoms with Crippen molar-refractivity contribution in [2.24, 2.45) is 0 Å². The molecule has 1 amide bonds. The fraction of sp³-hybridized carbons (Fsp3) is 0.310. The van der Waals surface area contributed by atoms with Crippen molar-refractivity contribution in [1.29, 1.82) is 0 Å². The van der Waals surface area contributed by atoms with Crippen LogP contribution >= 0.6 is 0 Å². The van der Waals surface area contributed by atoms with Crippen LogP contribution in [-0.4, -0.2) is 50.3 Å². The van der Waals surface area contributed by atoms with Gasteiger partial charge in [-0.2, -0.15) is 4.98 Å². The van der Waals surface area contributed by atoms with Gasteiger partial charge in [0.25, 0.3) is 5.56 Å². The number of benzene rings is 2. The lowest BCUT2D eigenvalue weighted by Crippen LogP contribution is -2.28. The highest BCUT2D eigenvalue weighted by Gasteiger charge is 2.28. The lowest BCUT2D eigenvalue weighted by Gasteiger charge is -2.25. The molecule has 0 fully saturated rings. The second-order valence-corrected chi connectivity index (χ2v) is 10.4. The number of nitrogens with one attached hydrogen (secondary N) is 1. The lowest BCUT2D eigenvalue weighted by atomic mass is 9.99. The number of carbonyl (C=O) groups is 1. The molecule has 3 aliphatic rings. The SMILES string of the molecule is CN1CCc2ccc(Nc3ncc4c(=O)n5n(c4n3)-c3ccc4c(c3)N(CCCC=CC5)C(=O)C4)cc2C1. The van der Waals surface area contributed by atoms with Gasteiger partial charge in [0.2, 0.25) is 11.9 Å². The van der Waals surface area contributed by atoms with Gasteiger partial charge in [-0.3, -0.25) is 9.59 Å². The largest absolute Gasteiger partial charge is 0.324 e. The third-order valence-corrected chi connectivity index (χ3v) is 7.79. The Hall–Kier alpha value is -4.24. The van der Waals surface area contributed by atoms with Crippen molar-refractivity contribution in [2.75, 3.05) is 30.4 Å². The number of allylic oxidation sites excluding steroid dienone is 2. The van der Waals surface area contributed by atoms with Gasteiger partial charge in [-0.15, -0.1) is 0 Å². The summed E-state index contributed by atoms with van der Waals surface area (Å²) in [6.07, 6.45) is 8.89. The molecule has 4 aromatic rings. The molecule has 192 valence electrons. The summed E-state index contributed by atoms with van der Waals surface area (Å²) in [6.45, 7) is 3.10. The van der Waals surface area contributed by atoms with Gasteiger partial charge in [-0.05, 0) is 67.3 Å². The molecule has 9 heteroatoms. The van der Waals surface area contributed by atoms with Crippen LogP contribution < -0.4 is 15.8 Å². The number of hydrogen-bond acceptors (Lipinski definition) is 6. The minimum Gasteiger partial charge on any atom is -0.324 e. The number of carbonyl (C=O) groups excluding carboxylic acids is 1. The Morgan fingerprint density at radius 2 is 1.87 bits per heavy atom. The summed E-state index contributed by atoms with van der Waals surface area (Å²) in [5.41, 5.74) is 6.73. The number of hydrogen-bond donors (Lipinski definition) is 1. The van der Waals surface area contributed by atoms with Crippen LogP contribution in [-0.2, 0) is 30.7 Å². The van der Waals surface area contributed by atoms with Crippen molar-refractivity contribution in [1.82, 2.24) is 24.2 Å². The first kappa shape index (κ1) is 22.9. The maximum Gasteiger partial charge on any atom is 0.278 e. The zero-order chi connectivity index (χ0) is 25.8. The van der Waals surface area contributed by atoms with E-state index in [0.29, 0.717) is 36.5 Å². The Balaban J connectivity index is 1.34. The molecule has 7 rings (SSSR count). The molecule has 2 bridgehead atoms. The van der Waals surface area contributed by atoms with E-state index in [1.54, 1.807) is 10.9 Å². The van der Waals surface area contributed by atoms with E-state index in [-0.39, 0.29) is 11.5 Å². The van der Waals surface area contributed by atoms with E-state index in [1.807, 2.05) is 33.9 Å². The Morgan fingerprint density at radius 3 is 2.79 bits per heavy atom. The molecule has 5 heterocycles. The van der Waals surface area contributed by atoms with E-state index in [9.17, 15) is 9.59 Å². The van der Waals surface area contributed by atoms with Crippen molar-refractivity contribution < 1.29 is 4.79 Å². The predicted octanol–water partition coefficient (Wildman–Crippen LogP) is 3.55. The lowest BCUT2D eigenvalue weighted by molar-refractivity contribution is -0.117. The zero-order valence-corrected chi connectivity index (χ0v) is 21.4. The first-order valence-corrected chi connectivity index (χ1v) is 13.2. The van der Waals surface area contributed by atoms with Crippen LogP contribution in [0, 0.1) is 0 Å². The molecule has 9 nitrogen and oxygen atoms in total. The molecule has 0 saturated carbocycles. The molecule has 0 atom stereocenters. The minimum atomic E-state index is -0.140. The summed E-state index contributed by atoms with van der Waals surface area (Å²) in [5, 5.41) is 3.81. The maximum atomic E-state index is 13.5. The highest BCUT2D eigenvalue weighted by molar-refractivity contribution is 6.01. The summed E-state index contributed by atoms with van der Waals surface area (Å²) >= 11 is 0. The average molecular weight is 508 g/mol. The van der Waals surface area contributed by atoms with Gasteiger partial charge in [0, 0.05) is 37.2 Å². The van der Waals surface area contributed by atoms with Gasteiger partial charge in [0.1, 0.15) is 5.39 Å². The van der Waals surface area contributed by atoms with Gasteiger partial charge < -0.3 is 15.1 Å². The normalized spacial score (nSPS) is 17.2. The molecule has 0 spiro atoms. The zero-order valence-electron chi connectivity index (χ0n) is 21.4. The van der Waals surface area contributed by atoms with Crippen LogP contribution in [0.4, 0.5) is 17.3 Å². The molecule has 2 aromatic carbocycles. The van der Waals surface area contributed by atoms with E-state index in [0.717, 1.165) is 55.0 Å². The highest BCUT2D eigenvalue weighted by Crippen LogP contribution is 2.32. The second-order valence-electron chi connectivity index (χ2n) is 10.4. The van der Waals surface area contributed by atoms with Crippen LogP contribution in [0.2, 0.25) is 0 Å². The molecule has 2 aromatic heterocycles. The number of amides is 1. The minimum absolute atomic E-state index is 0.123. The third kappa shape index (κ3) is 3.81. The summed E-state index contributed by atoms with van der Waals surface area (Å²) in [4.78, 5) is 39.7. The molecular weight excluding hydrogens is 478 g/mol. The van der Waals surface area contributed by atoms with Crippen molar-refractivity contribution in [3.05, 3.63) is 81.8 Å². The van der Waals surface area contributed by atoms with Crippen LogP contribution in [0.1, 0.15) is 29.5 Å². The Kier molecular flexibility index (Phi) is 5.40. The maximum absolute atomic E-state index is 13.5. The van der Waals surface area contributed by atoms with Crippen molar-refractivity contribution in [3.8, 4) is 5.69 Å². The number of nitrogens with zero attached hydrogens (tertiary/aromatic N) is 6. The van der Waals surface area contributed by atoms with Crippen LogP contribution in [0.5, 0.6) is 0 Å². The van der Waals surface area contributed by atoms with Crippen molar-refractivity contribution in [3.63, 3.8) is 0 Å². The molecule has 1 N–H and O–H groups in total. The quantitative estimate of drug-likeness (QED) is 0.418. The summed E-state index contributed by atoms with van der Waals surface area (Å²) < 4.78 is 3.55. The van der Waals surface area contributed by atoms with E-state index in [1.165, 1.54) is 11.1 Å². The van der Waals surface area contributed by atoms with Gasteiger partial charge >= 0.3 is 0 Å². The topological polar surface area (TPSA) is 88.3 Å². The summed E-state index contributed by atoms with van der Waals surface area (Å²) in [7, 11) is 2.13. The van der Waals surface area contributed by atoms with E-state index in [2.05, 4.69) is 46.5 Å². The average Bonchev–Trinajstić information content (AvgIpc) is 3.36. The number of fused-ring (bicyclic) bond motifs is 6. The van der Waals surface area contributed by atoms with Gasteiger partial charge in [-0.25, -0.2) is 14.3 Å². The number of aromatic nitrogens is 4. The number of anilines is 3. The van der Waals surface area contributed by atoms with E-state index >= 15 is 0 Å². The smallest absolute Gasteiger partial charge is 0.278 e. The molecule has 38 heavy (non-hydrogen) atoms. The summed E-state index contributed by atoms with van der Waals surface area (Å²) in [5.74, 6) is 0.556. The highest BCUT2D eigenvalue weighted by atomic mass is 16.2. The molecule has 0 radical (unpaired) electrons. The number of likely N-dealkylation sites (N-methyl/N-ethyl adjacent to an activating group) is 1. The molecule has 0 saturated heterocycles. The summed E-state index contributed by atoms with van der Waals surface area (Å²) in [6, 6.07) is 12.4.